The molecule has 0 saturated heterocycles. The fourth-order valence-corrected chi connectivity index (χ4v) is 1.47. The first-order chi connectivity index (χ1) is 8.40. The summed E-state index contributed by atoms with van der Waals surface area (Å²) >= 11 is 0. The van der Waals surface area contributed by atoms with Crippen LogP contribution in [-0.4, -0.2) is 45.6 Å². The third kappa shape index (κ3) is 5.93. The van der Waals surface area contributed by atoms with Crippen molar-refractivity contribution in [1.29, 1.82) is 0 Å². The zero-order chi connectivity index (χ0) is 13.6. The van der Waals surface area contributed by atoms with E-state index in [1.54, 1.807) is 0 Å². The summed E-state index contributed by atoms with van der Waals surface area (Å²) < 4.78 is 1.89. The molecule has 18 heavy (non-hydrogen) atoms. The van der Waals surface area contributed by atoms with E-state index in [2.05, 4.69) is 54.9 Å². The number of rotatable bonds is 7. The third-order valence-corrected chi connectivity index (χ3v) is 2.54. The lowest BCUT2D eigenvalue weighted by atomic mass is 10.1. The molecule has 0 bridgehead atoms. The molecule has 0 aromatic carbocycles. The summed E-state index contributed by atoms with van der Waals surface area (Å²) in [5.41, 5.74) is 1.09. The summed E-state index contributed by atoms with van der Waals surface area (Å²) in [7, 11) is 2.07. The first kappa shape index (κ1) is 14.9. The van der Waals surface area contributed by atoms with Crippen molar-refractivity contribution < 1.29 is 0 Å². The second kappa shape index (κ2) is 6.66. The Morgan fingerprint density at radius 3 is 2.83 bits per heavy atom. The highest BCUT2D eigenvalue weighted by Gasteiger charge is 2.10. The smallest absolute Gasteiger partial charge is 0.0965 e. The van der Waals surface area contributed by atoms with Gasteiger partial charge in [0.2, 0.25) is 0 Å². The van der Waals surface area contributed by atoms with Gasteiger partial charge in [-0.1, -0.05) is 11.3 Å². The Morgan fingerprint density at radius 2 is 2.22 bits per heavy atom. The predicted octanol–water partition coefficient (Wildman–Crippen LogP) is 1.28. The third-order valence-electron chi connectivity index (χ3n) is 2.54. The minimum absolute atomic E-state index is 0.105. The lowest BCUT2D eigenvalue weighted by Crippen LogP contribution is -2.35. The molecule has 0 amide bonds. The van der Waals surface area contributed by atoms with E-state index < -0.39 is 0 Å². The predicted molar refractivity (Wildman–Crippen MR) is 74.3 cm³/mol. The highest BCUT2D eigenvalue weighted by molar-refractivity contribution is 4.93. The zero-order valence-electron chi connectivity index (χ0n) is 12.0. The van der Waals surface area contributed by atoms with Gasteiger partial charge in [-0.2, -0.15) is 0 Å². The molecule has 1 heterocycles. The van der Waals surface area contributed by atoms with Crippen LogP contribution in [-0.2, 0) is 13.1 Å². The van der Waals surface area contributed by atoms with Gasteiger partial charge in [-0.05, 0) is 27.8 Å². The van der Waals surface area contributed by atoms with Crippen LogP contribution >= 0.6 is 0 Å². The van der Waals surface area contributed by atoms with Crippen LogP contribution < -0.4 is 5.32 Å². The molecule has 0 aliphatic rings. The molecule has 0 saturated carbocycles. The number of aromatic nitrogens is 3. The van der Waals surface area contributed by atoms with Gasteiger partial charge in [0.15, 0.2) is 0 Å². The quantitative estimate of drug-likeness (QED) is 0.742. The van der Waals surface area contributed by atoms with Gasteiger partial charge in [0.25, 0.3) is 0 Å². The molecule has 5 heteroatoms. The number of hydrogen-bond acceptors (Lipinski definition) is 4. The van der Waals surface area contributed by atoms with Crippen molar-refractivity contribution in [2.24, 2.45) is 0 Å². The van der Waals surface area contributed by atoms with Crippen LogP contribution in [0.5, 0.6) is 0 Å². The normalized spacial score (nSPS) is 12.1. The van der Waals surface area contributed by atoms with Crippen molar-refractivity contribution in [3.05, 3.63) is 24.5 Å². The fraction of sp³-hybridized carbons (Fsp3) is 0.692. The van der Waals surface area contributed by atoms with E-state index in [-0.39, 0.29) is 5.54 Å². The van der Waals surface area contributed by atoms with Gasteiger partial charge < -0.3 is 10.2 Å². The Morgan fingerprint density at radius 1 is 1.50 bits per heavy atom. The van der Waals surface area contributed by atoms with Crippen LogP contribution in [0.3, 0.4) is 0 Å². The van der Waals surface area contributed by atoms with Crippen LogP contribution in [0.1, 0.15) is 26.5 Å². The van der Waals surface area contributed by atoms with Gasteiger partial charge in [-0.25, -0.2) is 0 Å². The van der Waals surface area contributed by atoms with Crippen molar-refractivity contribution >= 4 is 0 Å². The fourth-order valence-electron chi connectivity index (χ4n) is 1.47. The maximum atomic E-state index is 4.15. The summed E-state index contributed by atoms with van der Waals surface area (Å²) in [4.78, 5) is 2.20. The first-order valence-electron chi connectivity index (χ1n) is 6.34. The van der Waals surface area contributed by atoms with E-state index >= 15 is 0 Å². The van der Waals surface area contributed by atoms with Gasteiger partial charge in [0.1, 0.15) is 0 Å². The SMILES string of the molecule is C=CCN(C)CCn1cc(CNC(C)(C)C)nn1. The molecule has 0 aliphatic heterocycles. The molecular formula is C13H25N5. The zero-order valence-corrected chi connectivity index (χ0v) is 12.0. The van der Waals surface area contributed by atoms with Crippen molar-refractivity contribution in [2.45, 2.75) is 39.4 Å². The van der Waals surface area contributed by atoms with E-state index in [1.807, 2.05) is 17.0 Å². The monoisotopic (exact) mass is 251 g/mol. The van der Waals surface area contributed by atoms with Gasteiger partial charge >= 0.3 is 0 Å². The van der Waals surface area contributed by atoms with Gasteiger partial charge in [0, 0.05) is 31.4 Å². The lowest BCUT2D eigenvalue weighted by Gasteiger charge is -2.19. The van der Waals surface area contributed by atoms with Gasteiger partial charge in [-0.15, -0.1) is 11.7 Å². The van der Waals surface area contributed by atoms with E-state index in [1.165, 1.54) is 0 Å². The summed E-state index contributed by atoms with van der Waals surface area (Å²) in [5, 5.41) is 11.7. The topological polar surface area (TPSA) is 46.0 Å². The highest BCUT2D eigenvalue weighted by atomic mass is 15.4. The summed E-state index contributed by atoms with van der Waals surface area (Å²) in [6.07, 6.45) is 3.90. The maximum Gasteiger partial charge on any atom is 0.0965 e. The molecule has 1 aromatic heterocycles. The van der Waals surface area contributed by atoms with E-state index in [0.717, 1.165) is 31.9 Å². The van der Waals surface area contributed by atoms with Crippen molar-refractivity contribution in [3.63, 3.8) is 0 Å². The number of nitrogens with zero attached hydrogens (tertiary/aromatic N) is 4. The molecule has 102 valence electrons. The largest absolute Gasteiger partial charge is 0.306 e. The Hall–Kier alpha value is -1.20. The van der Waals surface area contributed by atoms with Crippen LogP contribution in [0.2, 0.25) is 0 Å². The van der Waals surface area contributed by atoms with Crippen LogP contribution in [0.4, 0.5) is 0 Å². The first-order valence-corrected chi connectivity index (χ1v) is 6.34. The molecule has 1 N–H and O–H groups in total. The summed E-state index contributed by atoms with van der Waals surface area (Å²) in [6.45, 7) is 13.6. The van der Waals surface area contributed by atoms with Gasteiger partial charge in [-0.3, -0.25) is 4.68 Å². The number of likely N-dealkylation sites (N-methyl/N-ethyl adjacent to an activating group) is 1. The second-order valence-corrected chi connectivity index (χ2v) is 5.63. The van der Waals surface area contributed by atoms with Crippen LogP contribution in [0.25, 0.3) is 0 Å². The molecule has 5 nitrogen and oxygen atoms in total. The summed E-state index contributed by atoms with van der Waals surface area (Å²) in [6, 6.07) is 0. The molecule has 0 radical (unpaired) electrons. The van der Waals surface area contributed by atoms with E-state index in [0.29, 0.717) is 0 Å². The molecule has 0 aliphatic carbocycles. The minimum atomic E-state index is 0.105. The molecule has 0 spiro atoms. The Kier molecular flexibility index (Phi) is 5.50. The average molecular weight is 251 g/mol. The molecule has 1 aromatic rings. The maximum absolute atomic E-state index is 4.15. The Balaban J connectivity index is 2.36. The van der Waals surface area contributed by atoms with E-state index in [9.17, 15) is 0 Å². The highest BCUT2D eigenvalue weighted by Crippen LogP contribution is 2.01. The van der Waals surface area contributed by atoms with Crippen LogP contribution in [0, 0.1) is 0 Å². The molecule has 0 atom stereocenters. The minimum Gasteiger partial charge on any atom is -0.306 e. The average Bonchev–Trinajstić information content (AvgIpc) is 2.71. The van der Waals surface area contributed by atoms with Crippen molar-refractivity contribution in [1.82, 2.24) is 25.2 Å². The molecule has 1 rings (SSSR count). The number of hydrogen-bond donors (Lipinski definition) is 1. The van der Waals surface area contributed by atoms with Gasteiger partial charge in [0.05, 0.1) is 12.2 Å². The second-order valence-electron chi connectivity index (χ2n) is 5.63. The Bertz CT molecular complexity index is 364. The van der Waals surface area contributed by atoms with E-state index in [4.69, 9.17) is 0 Å². The number of nitrogens with one attached hydrogen (secondary N) is 1. The van der Waals surface area contributed by atoms with Crippen molar-refractivity contribution in [3.8, 4) is 0 Å². The van der Waals surface area contributed by atoms with Crippen molar-refractivity contribution in [2.75, 3.05) is 20.1 Å². The summed E-state index contributed by atoms with van der Waals surface area (Å²) in [5.74, 6) is 0. The lowest BCUT2D eigenvalue weighted by molar-refractivity contribution is 0.340. The van der Waals surface area contributed by atoms with Crippen LogP contribution in [0.15, 0.2) is 18.9 Å². The molecule has 0 unspecified atom stereocenters. The Labute approximate surface area is 110 Å². The molecular weight excluding hydrogens is 226 g/mol. The standard InChI is InChI=1S/C13H25N5/c1-6-7-17(5)8-9-18-11-12(15-16-18)10-14-13(2,3)4/h6,11,14H,1,7-10H2,2-5H3. The molecule has 0 fully saturated rings.